The molecule has 0 bridgehead atoms. The molecule has 0 radical (unpaired) electrons. The molecule has 134 valence electrons. The van der Waals surface area contributed by atoms with Crippen LogP contribution in [0, 0.1) is 0 Å². The third-order valence-corrected chi connectivity index (χ3v) is 5.95. The fraction of sp³-hybridized carbons (Fsp3) is 0.316. The summed E-state index contributed by atoms with van der Waals surface area (Å²) >= 11 is 0. The van der Waals surface area contributed by atoms with Crippen molar-refractivity contribution < 1.29 is 17.9 Å². The normalized spacial score (nSPS) is 11.5. The third kappa shape index (κ3) is 4.67. The van der Waals surface area contributed by atoms with Crippen molar-refractivity contribution in [3.63, 3.8) is 0 Å². The van der Waals surface area contributed by atoms with Crippen molar-refractivity contribution in [1.29, 1.82) is 0 Å². The van der Waals surface area contributed by atoms with Gasteiger partial charge in [-0.3, -0.25) is 4.79 Å². The summed E-state index contributed by atoms with van der Waals surface area (Å²) in [5, 5.41) is 0. The third-order valence-electron chi connectivity index (χ3n) is 3.89. The number of para-hydroxylation sites is 1. The lowest BCUT2D eigenvalue weighted by Gasteiger charge is -2.18. The summed E-state index contributed by atoms with van der Waals surface area (Å²) in [6, 6.07) is 14.1. The zero-order valence-corrected chi connectivity index (χ0v) is 15.5. The number of sulfonamides is 1. The summed E-state index contributed by atoms with van der Waals surface area (Å²) < 4.78 is 31.7. The standard InChI is InChI=1S/C19H23NO4S/c1-4-20(5-2)25(22,23)18-12-10-16(11-13-18)14-17-8-6-7-9-19(17)24-15(3)21/h6-13H,4-5,14H2,1-3H3. The molecule has 2 rings (SSSR count). The van der Waals surface area contributed by atoms with E-state index in [2.05, 4.69) is 0 Å². The van der Waals surface area contributed by atoms with Gasteiger partial charge in [0.15, 0.2) is 0 Å². The van der Waals surface area contributed by atoms with Crippen molar-refractivity contribution >= 4 is 16.0 Å². The summed E-state index contributed by atoms with van der Waals surface area (Å²) in [6.07, 6.45) is 0.551. The van der Waals surface area contributed by atoms with Gasteiger partial charge in [0, 0.05) is 26.4 Å². The number of hydrogen-bond donors (Lipinski definition) is 0. The summed E-state index contributed by atoms with van der Waals surface area (Å²) in [7, 11) is -3.45. The molecule has 0 aromatic heterocycles. The average Bonchev–Trinajstić information content (AvgIpc) is 2.57. The van der Waals surface area contributed by atoms with Crippen LogP contribution in [0.25, 0.3) is 0 Å². The molecule has 0 unspecified atom stereocenters. The van der Waals surface area contributed by atoms with Crippen LogP contribution in [-0.4, -0.2) is 31.8 Å². The monoisotopic (exact) mass is 361 g/mol. The van der Waals surface area contributed by atoms with E-state index in [4.69, 9.17) is 4.74 Å². The maximum Gasteiger partial charge on any atom is 0.308 e. The van der Waals surface area contributed by atoms with Crippen LogP contribution < -0.4 is 4.74 Å². The minimum atomic E-state index is -3.45. The minimum absolute atomic E-state index is 0.285. The molecule has 0 atom stereocenters. The first-order valence-corrected chi connectivity index (χ1v) is 9.67. The molecule has 0 aliphatic heterocycles. The highest BCUT2D eigenvalue weighted by atomic mass is 32.2. The van der Waals surface area contributed by atoms with E-state index < -0.39 is 10.0 Å². The predicted molar refractivity (Wildman–Crippen MR) is 97.1 cm³/mol. The Kier molecular flexibility index (Phi) is 6.33. The molecule has 0 heterocycles. The van der Waals surface area contributed by atoms with Crippen LogP contribution in [0.2, 0.25) is 0 Å². The first kappa shape index (κ1) is 19.1. The molecular weight excluding hydrogens is 338 g/mol. The number of hydrogen-bond acceptors (Lipinski definition) is 4. The Morgan fingerprint density at radius 3 is 2.16 bits per heavy atom. The van der Waals surface area contributed by atoms with Gasteiger partial charge in [-0.1, -0.05) is 44.2 Å². The van der Waals surface area contributed by atoms with Crippen molar-refractivity contribution in [2.24, 2.45) is 0 Å². The topological polar surface area (TPSA) is 63.7 Å². The molecule has 0 aliphatic rings. The van der Waals surface area contributed by atoms with Crippen molar-refractivity contribution in [2.45, 2.75) is 32.1 Å². The lowest BCUT2D eigenvalue weighted by molar-refractivity contribution is -0.131. The highest BCUT2D eigenvalue weighted by molar-refractivity contribution is 7.89. The second-order valence-corrected chi connectivity index (χ2v) is 7.55. The smallest absolute Gasteiger partial charge is 0.308 e. The van der Waals surface area contributed by atoms with Crippen LogP contribution in [-0.2, 0) is 21.2 Å². The second kappa shape index (κ2) is 8.27. The minimum Gasteiger partial charge on any atom is -0.426 e. The number of carbonyl (C=O) groups is 1. The van der Waals surface area contributed by atoms with Crippen molar-refractivity contribution in [3.8, 4) is 5.75 Å². The predicted octanol–water partition coefficient (Wildman–Crippen LogP) is 3.23. The van der Waals surface area contributed by atoms with Gasteiger partial charge in [-0.15, -0.1) is 0 Å². The quantitative estimate of drug-likeness (QED) is 0.561. The Hall–Kier alpha value is -2.18. The fourth-order valence-electron chi connectivity index (χ4n) is 2.62. The van der Waals surface area contributed by atoms with E-state index in [1.165, 1.54) is 11.2 Å². The van der Waals surface area contributed by atoms with Gasteiger partial charge in [0.2, 0.25) is 10.0 Å². The van der Waals surface area contributed by atoms with Gasteiger partial charge in [-0.2, -0.15) is 4.31 Å². The van der Waals surface area contributed by atoms with Crippen LogP contribution >= 0.6 is 0 Å². The number of esters is 1. The molecule has 25 heavy (non-hydrogen) atoms. The van der Waals surface area contributed by atoms with E-state index in [0.29, 0.717) is 25.3 Å². The number of benzene rings is 2. The van der Waals surface area contributed by atoms with Crippen molar-refractivity contribution in [3.05, 3.63) is 59.7 Å². The lowest BCUT2D eigenvalue weighted by Crippen LogP contribution is -2.30. The Bertz CT molecular complexity index is 825. The van der Waals surface area contributed by atoms with E-state index in [-0.39, 0.29) is 10.9 Å². The lowest BCUT2D eigenvalue weighted by atomic mass is 10.0. The van der Waals surface area contributed by atoms with Crippen LogP contribution in [0.5, 0.6) is 5.75 Å². The second-order valence-electron chi connectivity index (χ2n) is 5.61. The molecule has 0 fully saturated rings. The van der Waals surface area contributed by atoms with Crippen LogP contribution in [0.1, 0.15) is 31.9 Å². The van der Waals surface area contributed by atoms with Gasteiger partial charge in [0.25, 0.3) is 0 Å². The average molecular weight is 361 g/mol. The van der Waals surface area contributed by atoms with Gasteiger partial charge in [0.05, 0.1) is 4.90 Å². The Labute approximate surface area is 149 Å². The van der Waals surface area contributed by atoms with Crippen molar-refractivity contribution in [2.75, 3.05) is 13.1 Å². The molecule has 2 aromatic rings. The Morgan fingerprint density at radius 1 is 1.00 bits per heavy atom. The SMILES string of the molecule is CCN(CC)S(=O)(=O)c1ccc(Cc2ccccc2OC(C)=O)cc1. The Morgan fingerprint density at radius 2 is 1.60 bits per heavy atom. The molecule has 5 nitrogen and oxygen atoms in total. The van der Waals surface area contributed by atoms with Crippen LogP contribution in [0.3, 0.4) is 0 Å². The molecule has 6 heteroatoms. The summed E-state index contributed by atoms with van der Waals surface area (Å²) in [6.45, 7) is 5.89. The molecule has 0 N–H and O–H groups in total. The first-order chi connectivity index (χ1) is 11.9. The summed E-state index contributed by atoms with van der Waals surface area (Å²) in [4.78, 5) is 11.5. The Balaban J connectivity index is 2.23. The number of rotatable bonds is 7. The number of nitrogens with zero attached hydrogens (tertiary/aromatic N) is 1. The van der Waals surface area contributed by atoms with Gasteiger partial charge >= 0.3 is 5.97 Å². The summed E-state index contributed by atoms with van der Waals surface area (Å²) in [5.74, 6) is 0.156. The van der Waals surface area contributed by atoms with E-state index in [9.17, 15) is 13.2 Å². The fourth-order valence-corrected chi connectivity index (χ4v) is 4.07. The molecule has 0 aliphatic carbocycles. The van der Waals surface area contributed by atoms with Crippen LogP contribution in [0.15, 0.2) is 53.4 Å². The van der Waals surface area contributed by atoms with Gasteiger partial charge < -0.3 is 4.74 Å². The number of carbonyl (C=O) groups excluding carboxylic acids is 1. The van der Waals surface area contributed by atoms with E-state index >= 15 is 0 Å². The van der Waals surface area contributed by atoms with Gasteiger partial charge in [0.1, 0.15) is 5.75 Å². The zero-order chi connectivity index (χ0) is 18.4. The van der Waals surface area contributed by atoms with Gasteiger partial charge in [-0.25, -0.2) is 8.42 Å². The largest absolute Gasteiger partial charge is 0.426 e. The molecule has 0 saturated carbocycles. The summed E-state index contributed by atoms with van der Waals surface area (Å²) in [5.41, 5.74) is 1.81. The maximum atomic E-state index is 12.5. The highest BCUT2D eigenvalue weighted by Crippen LogP contribution is 2.23. The van der Waals surface area contributed by atoms with E-state index in [1.807, 2.05) is 32.0 Å². The molecule has 0 saturated heterocycles. The molecule has 0 spiro atoms. The van der Waals surface area contributed by atoms with Gasteiger partial charge in [-0.05, 0) is 29.3 Å². The van der Waals surface area contributed by atoms with Crippen molar-refractivity contribution in [1.82, 2.24) is 4.31 Å². The first-order valence-electron chi connectivity index (χ1n) is 8.23. The molecule has 0 amide bonds. The molecule has 2 aromatic carbocycles. The highest BCUT2D eigenvalue weighted by Gasteiger charge is 2.21. The maximum absolute atomic E-state index is 12.5. The van der Waals surface area contributed by atoms with E-state index in [1.54, 1.807) is 30.3 Å². The number of ether oxygens (including phenoxy) is 1. The molecular formula is C19H23NO4S. The van der Waals surface area contributed by atoms with E-state index in [0.717, 1.165) is 11.1 Å². The van der Waals surface area contributed by atoms with Crippen LogP contribution in [0.4, 0.5) is 0 Å². The zero-order valence-electron chi connectivity index (χ0n) is 14.7.